The second-order valence-electron chi connectivity index (χ2n) is 6.16. The van der Waals surface area contributed by atoms with Crippen LogP contribution in [0.5, 0.6) is 0 Å². The second kappa shape index (κ2) is 7.70. The lowest BCUT2D eigenvalue weighted by atomic mass is 9.72. The first-order valence-corrected chi connectivity index (χ1v) is 8.32. The molecule has 0 amide bonds. The van der Waals surface area contributed by atoms with Crippen molar-refractivity contribution in [1.82, 2.24) is 0 Å². The summed E-state index contributed by atoms with van der Waals surface area (Å²) in [4.78, 5) is 0. The smallest absolute Gasteiger partial charge is 0.207 e. The molecule has 23 heavy (non-hydrogen) atoms. The molecule has 0 bridgehead atoms. The molecule has 0 radical (unpaired) electrons. The number of nitriles is 3. The average molecular weight is 310 g/mol. The predicted octanol–water partition coefficient (Wildman–Crippen LogP) is 3.91. The van der Waals surface area contributed by atoms with Gasteiger partial charge < -0.3 is 10.5 Å². The summed E-state index contributed by atoms with van der Waals surface area (Å²) in [5.74, 6) is 0.534. The molecule has 0 atom stereocenters. The molecule has 0 aromatic rings. The van der Waals surface area contributed by atoms with Crippen molar-refractivity contribution >= 4 is 0 Å². The first kappa shape index (κ1) is 16.9. The molecule has 5 heteroatoms. The Balaban J connectivity index is 2.43. The number of ether oxygens (including phenoxy) is 1. The van der Waals surface area contributed by atoms with Crippen molar-refractivity contribution in [3.05, 3.63) is 22.8 Å². The van der Waals surface area contributed by atoms with Crippen molar-refractivity contribution in [2.45, 2.75) is 64.2 Å². The maximum absolute atomic E-state index is 9.69. The first-order chi connectivity index (χ1) is 11.2. The third-order valence-electron chi connectivity index (χ3n) is 4.67. The van der Waals surface area contributed by atoms with Crippen LogP contribution in [0, 0.1) is 39.4 Å². The van der Waals surface area contributed by atoms with Gasteiger partial charge in [-0.15, -0.1) is 0 Å². The summed E-state index contributed by atoms with van der Waals surface area (Å²) in [7, 11) is 0. The van der Waals surface area contributed by atoms with Gasteiger partial charge in [-0.25, -0.2) is 0 Å². The number of hydrogen-bond acceptors (Lipinski definition) is 5. The van der Waals surface area contributed by atoms with E-state index in [1.165, 1.54) is 25.7 Å². The minimum atomic E-state index is -1.59. The summed E-state index contributed by atoms with van der Waals surface area (Å²) in [5.41, 5.74) is 4.84. The average Bonchev–Trinajstić information content (AvgIpc) is 2.55. The molecule has 120 valence electrons. The van der Waals surface area contributed by atoms with E-state index in [4.69, 9.17) is 10.5 Å². The van der Waals surface area contributed by atoms with E-state index in [9.17, 15) is 15.8 Å². The summed E-state index contributed by atoms with van der Waals surface area (Å²) in [6.45, 7) is 0. The molecule has 0 unspecified atom stereocenters. The minimum Gasteiger partial charge on any atom is -0.445 e. The molecule has 0 saturated heterocycles. The van der Waals surface area contributed by atoms with Gasteiger partial charge in [0.25, 0.3) is 0 Å². The maximum atomic E-state index is 9.69. The van der Waals surface area contributed by atoms with Crippen molar-refractivity contribution in [2.24, 2.45) is 11.1 Å². The highest BCUT2D eigenvalue weighted by atomic mass is 16.5. The fourth-order valence-corrected chi connectivity index (χ4v) is 3.38. The third kappa shape index (κ3) is 3.33. The second-order valence-corrected chi connectivity index (χ2v) is 6.16. The van der Waals surface area contributed by atoms with Crippen molar-refractivity contribution < 1.29 is 4.74 Å². The zero-order chi connectivity index (χ0) is 16.7. The van der Waals surface area contributed by atoms with Crippen LogP contribution in [0.2, 0.25) is 0 Å². The number of nitrogens with two attached hydrogens (primary N) is 1. The Labute approximate surface area is 137 Å². The number of allylic oxidation sites excluding steroid dienone is 3. The van der Waals surface area contributed by atoms with E-state index in [1.54, 1.807) is 0 Å². The SMILES string of the molecule is N#CC1=C(N)OC2=C(CCCCCCCCCC2)C1(C#N)C#N. The van der Waals surface area contributed by atoms with Crippen molar-refractivity contribution in [3.8, 4) is 18.2 Å². The van der Waals surface area contributed by atoms with Gasteiger partial charge in [0.05, 0.1) is 12.1 Å². The van der Waals surface area contributed by atoms with Gasteiger partial charge >= 0.3 is 0 Å². The maximum Gasteiger partial charge on any atom is 0.207 e. The van der Waals surface area contributed by atoms with Crippen LogP contribution in [0.25, 0.3) is 0 Å². The van der Waals surface area contributed by atoms with Crippen molar-refractivity contribution in [2.75, 3.05) is 0 Å². The van der Waals surface area contributed by atoms with E-state index in [-0.39, 0.29) is 11.5 Å². The van der Waals surface area contributed by atoms with Gasteiger partial charge in [-0.2, -0.15) is 15.8 Å². The minimum absolute atomic E-state index is 0.0617. The molecule has 1 aliphatic heterocycles. The van der Waals surface area contributed by atoms with E-state index in [2.05, 4.69) is 12.1 Å². The Morgan fingerprint density at radius 2 is 1.35 bits per heavy atom. The Bertz CT molecular complexity index is 625. The molecule has 0 aromatic heterocycles. The Morgan fingerprint density at radius 1 is 0.826 bits per heavy atom. The lowest BCUT2D eigenvalue weighted by Crippen LogP contribution is -2.31. The van der Waals surface area contributed by atoms with E-state index >= 15 is 0 Å². The molecule has 2 N–H and O–H groups in total. The van der Waals surface area contributed by atoms with Crippen LogP contribution < -0.4 is 5.73 Å². The fraction of sp³-hybridized carbons (Fsp3) is 0.611. The van der Waals surface area contributed by atoms with Gasteiger partial charge in [0.2, 0.25) is 11.3 Å². The molecule has 2 rings (SSSR count). The predicted molar refractivity (Wildman–Crippen MR) is 84.8 cm³/mol. The lowest BCUT2D eigenvalue weighted by Gasteiger charge is -2.30. The van der Waals surface area contributed by atoms with Gasteiger partial charge in [-0.1, -0.05) is 38.5 Å². The Morgan fingerprint density at radius 3 is 1.87 bits per heavy atom. The van der Waals surface area contributed by atoms with Gasteiger partial charge in [0, 0.05) is 12.0 Å². The third-order valence-corrected chi connectivity index (χ3v) is 4.67. The van der Waals surface area contributed by atoms with E-state index in [0.717, 1.165) is 25.7 Å². The molecule has 2 aliphatic rings. The zero-order valence-electron chi connectivity index (χ0n) is 13.4. The summed E-state index contributed by atoms with van der Waals surface area (Å²) < 4.78 is 5.67. The van der Waals surface area contributed by atoms with Crippen molar-refractivity contribution in [3.63, 3.8) is 0 Å². The van der Waals surface area contributed by atoms with Gasteiger partial charge in [0.1, 0.15) is 17.4 Å². The lowest BCUT2D eigenvalue weighted by molar-refractivity contribution is 0.249. The number of rotatable bonds is 0. The summed E-state index contributed by atoms with van der Waals surface area (Å²) in [6.07, 6.45) is 10.1. The molecule has 0 aromatic carbocycles. The van der Waals surface area contributed by atoms with Crippen LogP contribution in [0.3, 0.4) is 0 Å². The largest absolute Gasteiger partial charge is 0.445 e. The van der Waals surface area contributed by atoms with Crippen LogP contribution in [0.4, 0.5) is 0 Å². The number of hydrogen-bond donors (Lipinski definition) is 1. The normalized spacial score (nSPS) is 22.3. The van der Waals surface area contributed by atoms with Crippen LogP contribution >= 0.6 is 0 Å². The molecular formula is C18H22N4O. The first-order valence-electron chi connectivity index (χ1n) is 8.32. The number of nitrogens with zero attached hydrogens (tertiary/aromatic N) is 3. The molecule has 1 aliphatic carbocycles. The molecule has 0 fully saturated rings. The zero-order valence-corrected chi connectivity index (χ0v) is 13.4. The van der Waals surface area contributed by atoms with Crippen LogP contribution in [0.1, 0.15) is 64.2 Å². The van der Waals surface area contributed by atoms with Crippen LogP contribution in [0.15, 0.2) is 22.8 Å². The van der Waals surface area contributed by atoms with E-state index < -0.39 is 5.41 Å². The summed E-state index contributed by atoms with van der Waals surface area (Å²) in [5, 5.41) is 28.7. The quantitative estimate of drug-likeness (QED) is 0.729. The summed E-state index contributed by atoms with van der Waals surface area (Å²) >= 11 is 0. The standard InChI is InChI=1S/C18H22N4O/c19-11-15-17(22)23-16-10-8-6-4-2-1-3-5-7-9-14(16)18(15,12-20)13-21/h1-10,22H2. The van der Waals surface area contributed by atoms with Gasteiger partial charge in [-0.05, 0) is 19.3 Å². The molecular weight excluding hydrogens is 288 g/mol. The topological polar surface area (TPSA) is 107 Å². The van der Waals surface area contributed by atoms with Crippen LogP contribution in [-0.4, -0.2) is 0 Å². The van der Waals surface area contributed by atoms with E-state index in [0.29, 0.717) is 24.2 Å². The highest BCUT2D eigenvalue weighted by Crippen LogP contribution is 2.45. The summed E-state index contributed by atoms with van der Waals surface area (Å²) in [6, 6.07) is 6.02. The van der Waals surface area contributed by atoms with Crippen molar-refractivity contribution in [1.29, 1.82) is 15.8 Å². The molecule has 0 saturated carbocycles. The van der Waals surface area contributed by atoms with E-state index in [1.807, 2.05) is 6.07 Å². The fourth-order valence-electron chi connectivity index (χ4n) is 3.38. The van der Waals surface area contributed by atoms with Crippen LogP contribution in [-0.2, 0) is 4.74 Å². The molecule has 1 heterocycles. The highest BCUT2D eigenvalue weighted by Gasteiger charge is 2.46. The van der Waals surface area contributed by atoms with Gasteiger partial charge in [-0.3, -0.25) is 0 Å². The Kier molecular flexibility index (Phi) is 5.67. The van der Waals surface area contributed by atoms with Gasteiger partial charge in [0.15, 0.2) is 0 Å². The molecule has 5 nitrogen and oxygen atoms in total. The Hall–Kier alpha value is -2.45. The highest BCUT2D eigenvalue weighted by molar-refractivity contribution is 5.54. The monoisotopic (exact) mass is 310 g/mol. The molecule has 0 spiro atoms.